The topological polar surface area (TPSA) is 18.8 Å². The number of hydrogen-bond acceptors (Lipinski definition) is 4. The third-order valence-corrected chi connectivity index (χ3v) is 4.55. The van der Waals surface area contributed by atoms with Crippen molar-refractivity contribution >= 4 is 23.1 Å². The highest BCUT2D eigenvalue weighted by atomic mass is 32.1. The van der Waals surface area contributed by atoms with Crippen LogP contribution in [0.2, 0.25) is 0 Å². The van der Waals surface area contributed by atoms with Gasteiger partial charge in [0.25, 0.3) is 0 Å². The molecular formula is C15H19N3S. The van der Waals surface area contributed by atoms with Gasteiger partial charge in [-0.05, 0) is 36.7 Å². The van der Waals surface area contributed by atoms with Crippen molar-refractivity contribution in [1.82, 2.24) is 9.91 Å². The summed E-state index contributed by atoms with van der Waals surface area (Å²) in [5.41, 5.74) is 2.78. The predicted molar refractivity (Wildman–Crippen MR) is 82.5 cm³/mol. The number of nitrogens with zero attached hydrogens (tertiary/aromatic N) is 3. The molecule has 4 heteroatoms. The van der Waals surface area contributed by atoms with E-state index >= 15 is 0 Å². The van der Waals surface area contributed by atoms with Gasteiger partial charge >= 0.3 is 0 Å². The third kappa shape index (κ3) is 2.65. The smallest absolute Gasteiger partial charge is 0.0776 e. The molecule has 1 aromatic rings. The molecule has 2 heterocycles. The Hall–Kier alpha value is -1.39. The Kier molecular flexibility index (Phi) is 3.53. The molecule has 0 spiro atoms. The third-order valence-electron chi connectivity index (χ3n) is 3.60. The van der Waals surface area contributed by atoms with Crippen LogP contribution in [0, 0.1) is 0 Å². The Morgan fingerprint density at radius 1 is 1.42 bits per heavy atom. The zero-order valence-corrected chi connectivity index (χ0v) is 12.2. The first-order valence-corrected chi connectivity index (χ1v) is 7.52. The van der Waals surface area contributed by atoms with Crippen molar-refractivity contribution in [2.24, 2.45) is 5.10 Å². The summed E-state index contributed by atoms with van der Waals surface area (Å²) in [7, 11) is 4.21. The summed E-state index contributed by atoms with van der Waals surface area (Å²) in [5, 5.41) is 8.92. The molecule has 0 radical (unpaired) electrons. The van der Waals surface area contributed by atoms with Crippen LogP contribution in [-0.4, -0.2) is 49.4 Å². The first-order valence-electron chi connectivity index (χ1n) is 6.64. The maximum absolute atomic E-state index is 4.55. The number of hydrazone groups is 1. The highest BCUT2D eigenvalue weighted by molar-refractivity contribution is 7.11. The van der Waals surface area contributed by atoms with E-state index in [9.17, 15) is 0 Å². The second-order valence-corrected chi connectivity index (χ2v) is 6.21. The zero-order chi connectivity index (χ0) is 13.2. The molecule has 1 aliphatic heterocycles. The average molecular weight is 273 g/mol. The fourth-order valence-electron chi connectivity index (χ4n) is 2.49. The van der Waals surface area contributed by atoms with Gasteiger partial charge in [-0.15, -0.1) is 11.3 Å². The first-order chi connectivity index (χ1) is 9.24. The number of fused-ring (bicyclic) bond motifs is 1. The molecule has 0 saturated heterocycles. The normalized spacial score (nSPS) is 21.6. The molecule has 0 N–H and O–H groups in total. The van der Waals surface area contributed by atoms with Crippen LogP contribution in [0.5, 0.6) is 0 Å². The van der Waals surface area contributed by atoms with Crippen LogP contribution in [0.15, 0.2) is 40.3 Å². The Morgan fingerprint density at radius 2 is 2.32 bits per heavy atom. The fourth-order valence-corrected chi connectivity index (χ4v) is 3.25. The molecule has 1 aromatic heterocycles. The molecular weight excluding hydrogens is 254 g/mol. The van der Waals surface area contributed by atoms with E-state index in [4.69, 9.17) is 0 Å². The van der Waals surface area contributed by atoms with Crippen molar-refractivity contribution in [3.63, 3.8) is 0 Å². The molecule has 2 aliphatic rings. The van der Waals surface area contributed by atoms with Crippen LogP contribution in [-0.2, 0) is 0 Å². The number of allylic oxidation sites excluding steroid dienone is 2. The van der Waals surface area contributed by atoms with E-state index in [1.165, 1.54) is 16.0 Å². The lowest BCUT2D eigenvalue weighted by atomic mass is 9.93. The van der Waals surface area contributed by atoms with E-state index in [-0.39, 0.29) is 0 Å². The van der Waals surface area contributed by atoms with Gasteiger partial charge < -0.3 is 4.90 Å². The van der Waals surface area contributed by atoms with Crippen LogP contribution < -0.4 is 0 Å². The quantitative estimate of drug-likeness (QED) is 0.840. The van der Waals surface area contributed by atoms with Gasteiger partial charge in [-0.25, -0.2) is 0 Å². The summed E-state index contributed by atoms with van der Waals surface area (Å²) >= 11 is 1.82. The zero-order valence-electron chi connectivity index (χ0n) is 11.4. The molecule has 0 saturated carbocycles. The van der Waals surface area contributed by atoms with E-state index in [0.717, 1.165) is 19.5 Å². The molecule has 19 heavy (non-hydrogen) atoms. The average Bonchev–Trinajstić information content (AvgIpc) is 3.05. The van der Waals surface area contributed by atoms with Gasteiger partial charge in [-0.3, -0.25) is 5.01 Å². The van der Waals surface area contributed by atoms with Gasteiger partial charge in [-0.2, -0.15) is 5.10 Å². The van der Waals surface area contributed by atoms with Crippen LogP contribution in [0.3, 0.4) is 0 Å². The van der Waals surface area contributed by atoms with E-state index in [1.807, 2.05) is 17.6 Å². The molecule has 0 bridgehead atoms. The largest absolute Gasteiger partial charge is 0.308 e. The number of hydrogen-bond donors (Lipinski definition) is 0. The van der Waals surface area contributed by atoms with Gasteiger partial charge in [0.2, 0.25) is 0 Å². The minimum atomic E-state index is 0.432. The van der Waals surface area contributed by atoms with Gasteiger partial charge in [-0.1, -0.05) is 18.2 Å². The molecule has 3 rings (SSSR count). The van der Waals surface area contributed by atoms with Crippen LogP contribution in [0.1, 0.15) is 11.3 Å². The maximum atomic E-state index is 4.55. The van der Waals surface area contributed by atoms with Crippen molar-refractivity contribution in [2.45, 2.75) is 12.5 Å². The van der Waals surface area contributed by atoms with Crippen molar-refractivity contribution in [1.29, 1.82) is 0 Å². The first kappa shape index (κ1) is 12.6. The van der Waals surface area contributed by atoms with Crippen molar-refractivity contribution < 1.29 is 0 Å². The van der Waals surface area contributed by atoms with Crippen LogP contribution >= 0.6 is 11.3 Å². The summed E-state index contributed by atoms with van der Waals surface area (Å²) < 4.78 is 0. The lowest BCUT2D eigenvalue weighted by Crippen LogP contribution is -2.34. The van der Waals surface area contributed by atoms with Crippen LogP contribution in [0.4, 0.5) is 0 Å². The maximum Gasteiger partial charge on any atom is 0.0776 e. The lowest BCUT2D eigenvalue weighted by Gasteiger charge is -2.28. The van der Waals surface area contributed by atoms with Gasteiger partial charge in [0.05, 0.1) is 12.3 Å². The van der Waals surface area contributed by atoms with E-state index in [1.54, 1.807) is 0 Å². The summed E-state index contributed by atoms with van der Waals surface area (Å²) in [5.74, 6) is 0. The minimum absolute atomic E-state index is 0.432. The second-order valence-electron chi connectivity index (χ2n) is 5.27. The summed E-state index contributed by atoms with van der Waals surface area (Å²) in [6.07, 6.45) is 7.56. The monoisotopic (exact) mass is 273 g/mol. The molecule has 0 amide bonds. The van der Waals surface area contributed by atoms with E-state index < -0.39 is 0 Å². The Morgan fingerprint density at radius 3 is 3.05 bits per heavy atom. The summed E-state index contributed by atoms with van der Waals surface area (Å²) in [4.78, 5) is 3.59. The summed E-state index contributed by atoms with van der Waals surface area (Å²) in [6, 6.07) is 4.76. The van der Waals surface area contributed by atoms with E-state index in [0.29, 0.717) is 6.04 Å². The number of thiophene rings is 1. The highest BCUT2D eigenvalue weighted by Crippen LogP contribution is 2.33. The molecule has 1 unspecified atom stereocenters. The van der Waals surface area contributed by atoms with Crippen LogP contribution in [0.25, 0.3) is 5.57 Å². The van der Waals surface area contributed by atoms with Gasteiger partial charge in [0.15, 0.2) is 0 Å². The molecule has 0 aromatic carbocycles. The Balaban J connectivity index is 1.73. The SMILES string of the molecule is CN(C)CCN1N=CC2=CC=C(c3cccs3)CC21. The van der Waals surface area contributed by atoms with E-state index in [2.05, 4.69) is 58.8 Å². The fraction of sp³-hybridized carbons (Fsp3) is 0.400. The van der Waals surface area contributed by atoms with Crippen molar-refractivity contribution in [3.8, 4) is 0 Å². The summed E-state index contributed by atoms with van der Waals surface area (Å²) in [6.45, 7) is 2.03. The van der Waals surface area contributed by atoms with Gasteiger partial charge in [0, 0.05) is 24.4 Å². The molecule has 0 fully saturated rings. The molecule has 3 nitrogen and oxygen atoms in total. The molecule has 100 valence electrons. The predicted octanol–water partition coefficient (Wildman–Crippen LogP) is 2.69. The lowest BCUT2D eigenvalue weighted by molar-refractivity contribution is 0.224. The Bertz CT molecular complexity index is 526. The molecule has 1 atom stereocenters. The van der Waals surface area contributed by atoms with Gasteiger partial charge in [0.1, 0.15) is 0 Å². The highest BCUT2D eigenvalue weighted by Gasteiger charge is 2.28. The van der Waals surface area contributed by atoms with Crippen molar-refractivity contribution in [2.75, 3.05) is 27.2 Å². The van der Waals surface area contributed by atoms with Crippen molar-refractivity contribution in [3.05, 3.63) is 40.1 Å². The number of rotatable bonds is 4. The second kappa shape index (κ2) is 5.31. The molecule has 1 aliphatic carbocycles. The number of likely N-dealkylation sites (N-methyl/N-ethyl adjacent to an activating group) is 1. The minimum Gasteiger partial charge on any atom is -0.308 e. The standard InChI is InChI=1S/C15H19N3S/c1-17(2)7-8-18-14-10-12(15-4-3-9-19-15)5-6-13(14)11-16-18/h3-6,9,11,14H,7-8,10H2,1-2H3. The Labute approximate surface area is 118 Å².